The van der Waals surface area contributed by atoms with Gasteiger partial charge in [-0.15, -0.1) is 11.3 Å². The van der Waals surface area contributed by atoms with Crippen molar-refractivity contribution in [2.45, 2.75) is 45.6 Å². The van der Waals surface area contributed by atoms with Gasteiger partial charge in [-0.2, -0.15) is 0 Å². The lowest BCUT2D eigenvalue weighted by Crippen LogP contribution is -2.45. The van der Waals surface area contributed by atoms with Gasteiger partial charge in [-0.1, -0.05) is 12.1 Å². The number of hydrogen-bond acceptors (Lipinski definition) is 5. The number of nitrogens with zero attached hydrogens (tertiary/aromatic N) is 2. The molecule has 1 aromatic heterocycles. The number of aryl methyl sites for hydroxylation is 1. The normalized spacial score (nSPS) is 21.9. The van der Waals surface area contributed by atoms with E-state index in [4.69, 9.17) is 4.84 Å². The molecule has 0 fully saturated rings. The summed E-state index contributed by atoms with van der Waals surface area (Å²) in [5.41, 5.74) is 1.04. The summed E-state index contributed by atoms with van der Waals surface area (Å²) >= 11 is 1.67. The van der Waals surface area contributed by atoms with Gasteiger partial charge in [-0.3, -0.25) is 4.79 Å². The monoisotopic (exact) mass is 281 g/mol. The third-order valence-electron chi connectivity index (χ3n) is 3.04. The Balaban J connectivity index is 1.78. The molecule has 0 saturated carbocycles. The molecule has 5 nitrogen and oxygen atoms in total. The highest BCUT2D eigenvalue weighted by molar-refractivity contribution is 7.09. The van der Waals surface area contributed by atoms with Crippen LogP contribution in [0.3, 0.4) is 0 Å². The van der Waals surface area contributed by atoms with E-state index in [-0.39, 0.29) is 5.91 Å². The molecule has 6 heteroatoms. The van der Waals surface area contributed by atoms with Crippen molar-refractivity contribution in [3.8, 4) is 0 Å². The molecular formula is C13H19N3O2S. The van der Waals surface area contributed by atoms with E-state index < -0.39 is 5.60 Å². The molecule has 0 bridgehead atoms. The van der Waals surface area contributed by atoms with Gasteiger partial charge in [-0.05, 0) is 20.3 Å². The highest BCUT2D eigenvalue weighted by Crippen LogP contribution is 2.23. The minimum absolute atomic E-state index is 0.112. The number of thiazole rings is 1. The molecule has 0 aromatic carbocycles. The first-order chi connectivity index (χ1) is 9.03. The standard InChI is InChI=1S/C13H19N3O2S/c1-4-11-15-10(8-19-11)5-6-14-12(17)13(3)7-9(2)16-18-13/h8H,4-7H2,1-3H3,(H,14,17)/t13-/m1/s1. The van der Waals surface area contributed by atoms with Crippen molar-refractivity contribution < 1.29 is 9.63 Å². The van der Waals surface area contributed by atoms with Crippen LogP contribution >= 0.6 is 11.3 Å². The minimum atomic E-state index is -0.846. The summed E-state index contributed by atoms with van der Waals surface area (Å²) in [5, 5.41) is 9.91. The number of carbonyl (C=O) groups is 1. The smallest absolute Gasteiger partial charge is 0.267 e. The first-order valence-electron chi connectivity index (χ1n) is 6.47. The van der Waals surface area contributed by atoms with E-state index in [0.29, 0.717) is 13.0 Å². The summed E-state index contributed by atoms with van der Waals surface area (Å²) in [5.74, 6) is -0.112. The van der Waals surface area contributed by atoms with Crippen LogP contribution in [-0.2, 0) is 22.5 Å². The van der Waals surface area contributed by atoms with Crippen molar-refractivity contribution >= 4 is 23.0 Å². The molecule has 0 aliphatic carbocycles. The summed E-state index contributed by atoms with van der Waals surface area (Å²) in [4.78, 5) is 21.7. The van der Waals surface area contributed by atoms with Gasteiger partial charge in [0, 0.05) is 24.8 Å². The van der Waals surface area contributed by atoms with Gasteiger partial charge >= 0.3 is 0 Å². The second-order valence-electron chi connectivity index (χ2n) is 4.92. The summed E-state index contributed by atoms with van der Waals surface area (Å²) in [6.07, 6.45) is 2.26. The maximum absolute atomic E-state index is 12.0. The van der Waals surface area contributed by atoms with E-state index in [1.54, 1.807) is 18.3 Å². The predicted molar refractivity (Wildman–Crippen MR) is 75.4 cm³/mol. The Bertz CT molecular complexity index is 498. The van der Waals surface area contributed by atoms with Crippen molar-refractivity contribution in [3.63, 3.8) is 0 Å². The second-order valence-corrected chi connectivity index (χ2v) is 5.86. The molecule has 1 aliphatic heterocycles. The summed E-state index contributed by atoms with van der Waals surface area (Å²) < 4.78 is 0. The molecule has 0 radical (unpaired) electrons. The number of aromatic nitrogens is 1. The van der Waals surface area contributed by atoms with Crippen molar-refractivity contribution in [3.05, 3.63) is 16.1 Å². The molecule has 1 amide bonds. The Morgan fingerprint density at radius 1 is 1.63 bits per heavy atom. The van der Waals surface area contributed by atoms with Crippen LogP contribution in [0.25, 0.3) is 0 Å². The highest BCUT2D eigenvalue weighted by atomic mass is 32.1. The first-order valence-corrected chi connectivity index (χ1v) is 7.34. The Morgan fingerprint density at radius 3 is 3.00 bits per heavy atom. The SMILES string of the molecule is CCc1nc(CCNC(=O)[C@@]2(C)CC(C)=NO2)cs1. The number of rotatable bonds is 5. The second kappa shape index (κ2) is 5.69. The van der Waals surface area contributed by atoms with E-state index in [1.165, 1.54) is 0 Å². The fraction of sp³-hybridized carbons (Fsp3) is 0.615. The van der Waals surface area contributed by atoms with Crippen LogP contribution in [0, 0.1) is 0 Å². The third-order valence-corrected chi connectivity index (χ3v) is 4.09. The maximum Gasteiger partial charge on any atom is 0.267 e. The molecule has 1 atom stereocenters. The number of nitrogens with one attached hydrogen (secondary N) is 1. The molecule has 0 saturated heterocycles. The lowest BCUT2D eigenvalue weighted by Gasteiger charge is -2.20. The zero-order valence-electron chi connectivity index (χ0n) is 11.5. The van der Waals surface area contributed by atoms with E-state index in [1.807, 2.05) is 12.3 Å². The van der Waals surface area contributed by atoms with Crippen LogP contribution in [-0.4, -0.2) is 28.7 Å². The molecule has 2 rings (SSSR count). The van der Waals surface area contributed by atoms with Gasteiger partial charge in [0.25, 0.3) is 5.91 Å². The Hall–Kier alpha value is -1.43. The molecule has 1 N–H and O–H groups in total. The van der Waals surface area contributed by atoms with Crippen molar-refractivity contribution in [2.75, 3.05) is 6.54 Å². The van der Waals surface area contributed by atoms with Gasteiger partial charge in [0.2, 0.25) is 5.60 Å². The van der Waals surface area contributed by atoms with Crippen LogP contribution < -0.4 is 5.32 Å². The van der Waals surface area contributed by atoms with Crippen molar-refractivity contribution in [2.24, 2.45) is 5.16 Å². The molecule has 2 heterocycles. The van der Waals surface area contributed by atoms with Crippen LogP contribution in [0.1, 0.15) is 37.9 Å². The van der Waals surface area contributed by atoms with E-state index in [9.17, 15) is 4.79 Å². The van der Waals surface area contributed by atoms with E-state index >= 15 is 0 Å². The number of amides is 1. The van der Waals surface area contributed by atoms with Crippen molar-refractivity contribution in [1.82, 2.24) is 10.3 Å². The summed E-state index contributed by atoms with van der Waals surface area (Å²) in [6.45, 7) is 6.29. The van der Waals surface area contributed by atoms with Gasteiger partial charge < -0.3 is 10.2 Å². The zero-order valence-corrected chi connectivity index (χ0v) is 12.3. The lowest BCUT2D eigenvalue weighted by atomic mass is 9.99. The van der Waals surface area contributed by atoms with Crippen LogP contribution in [0.15, 0.2) is 10.5 Å². The minimum Gasteiger partial charge on any atom is -0.379 e. The van der Waals surface area contributed by atoms with Crippen molar-refractivity contribution in [1.29, 1.82) is 0 Å². The van der Waals surface area contributed by atoms with Crippen LogP contribution in [0.5, 0.6) is 0 Å². The Labute approximate surface area is 117 Å². The highest BCUT2D eigenvalue weighted by Gasteiger charge is 2.40. The molecular weight excluding hydrogens is 262 g/mol. The number of carbonyl (C=O) groups excluding carboxylic acids is 1. The largest absolute Gasteiger partial charge is 0.379 e. The lowest BCUT2D eigenvalue weighted by molar-refractivity contribution is -0.141. The van der Waals surface area contributed by atoms with Crippen LogP contribution in [0.4, 0.5) is 0 Å². The van der Waals surface area contributed by atoms with Gasteiger partial charge in [0.05, 0.1) is 16.4 Å². The third kappa shape index (κ3) is 3.32. The van der Waals surface area contributed by atoms with Gasteiger partial charge in [0.15, 0.2) is 0 Å². The molecule has 19 heavy (non-hydrogen) atoms. The fourth-order valence-corrected chi connectivity index (χ4v) is 2.75. The average molecular weight is 281 g/mol. The quantitative estimate of drug-likeness (QED) is 0.897. The Morgan fingerprint density at radius 2 is 2.42 bits per heavy atom. The average Bonchev–Trinajstić information content (AvgIpc) is 2.97. The molecule has 1 aromatic rings. The zero-order chi connectivity index (χ0) is 13.9. The first kappa shape index (κ1) is 14.0. The number of oxime groups is 1. The van der Waals surface area contributed by atoms with Gasteiger partial charge in [-0.25, -0.2) is 4.98 Å². The molecule has 1 aliphatic rings. The summed E-state index contributed by atoms with van der Waals surface area (Å²) in [7, 11) is 0. The molecule has 0 unspecified atom stereocenters. The molecule has 0 spiro atoms. The summed E-state index contributed by atoms with van der Waals surface area (Å²) in [6, 6.07) is 0. The molecule has 104 valence electrons. The maximum atomic E-state index is 12.0. The predicted octanol–water partition coefficient (Wildman–Crippen LogP) is 1.92. The number of hydrogen-bond donors (Lipinski definition) is 1. The fourth-order valence-electron chi connectivity index (χ4n) is 1.97. The topological polar surface area (TPSA) is 63.6 Å². The van der Waals surface area contributed by atoms with Gasteiger partial charge in [0.1, 0.15) is 0 Å². The van der Waals surface area contributed by atoms with Crippen LogP contribution in [0.2, 0.25) is 0 Å². The van der Waals surface area contributed by atoms with E-state index in [2.05, 4.69) is 22.4 Å². The Kier molecular flexibility index (Phi) is 4.19. The van der Waals surface area contributed by atoms with E-state index in [0.717, 1.165) is 29.3 Å².